The highest BCUT2D eigenvalue weighted by molar-refractivity contribution is 8.27. The molecule has 0 radical (unpaired) electrons. The number of carbonyl (C=O) groups excluding carboxylic acids is 1. The van der Waals surface area contributed by atoms with Crippen molar-refractivity contribution in [1.29, 1.82) is 0 Å². The smallest absolute Gasteiger partial charge is 0.270 e. The van der Waals surface area contributed by atoms with Gasteiger partial charge < -0.3 is 9.47 Å². The van der Waals surface area contributed by atoms with Crippen LogP contribution >= 0.6 is 24.0 Å². The third-order valence-electron chi connectivity index (χ3n) is 4.33. The number of rotatable bonds is 7. The lowest BCUT2D eigenvalue weighted by atomic mass is 10.2. The highest BCUT2D eigenvalue weighted by atomic mass is 32.2. The van der Waals surface area contributed by atoms with E-state index in [4.69, 9.17) is 21.7 Å². The molecule has 1 saturated heterocycles. The molecule has 0 aromatic heterocycles. The van der Waals surface area contributed by atoms with E-state index in [0.29, 0.717) is 22.4 Å². The summed E-state index contributed by atoms with van der Waals surface area (Å²) >= 11 is 6.72. The molecule has 150 valence electrons. The van der Waals surface area contributed by atoms with Gasteiger partial charge in [0.25, 0.3) is 5.91 Å². The highest BCUT2D eigenvalue weighted by Gasteiger charge is 2.33. The molecule has 1 fully saturated rings. The second-order valence-corrected chi connectivity index (χ2v) is 8.11. The average Bonchev–Trinajstić information content (AvgIpc) is 3.05. The van der Waals surface area contributed by atoms with Crippen LogP contribution in [-0.4, -0.2) is 23.4 Å². The third-order valence-corrected chi connectivity index (χ3v) is 5.63. The Kier molecular flexibility index (Phi) is 6.47. The summed E-state index contributed by atoms with van der Waals surface area (Å²) in [5.41, 5.74) is 1.66. The van der Waals surface area contributed by atoms with Crippen LogP contribution in [0.25, 0.3) is 6.08 Å². The quantitative estimate of drug-likeness (QED) is 0.277. The molecular formula is C24H19NO3S2. The number of para-hydroxylation sites is 2. The molecule has 1 heterocycles. The summed E-state index contributed by atoms with van der Waals surface area (Å²) in [7, 11) is 0. The zero-order valence-electron chi connectivity index (χ0n) is 16.1. The Labute approximate surface area is 185 Å². The number of hydrogen-bond donors (Lipinski definition) is 0. The highest BCUT2D eigenvalue weighted by Crippen LogP contribution is 2.36. The van der Waals surface area contributed by atoms with Crippen molar-refractivity contribution in [2.24, 2.45) is 0 Å². The number of benzene rings is 3. The monoisotopic (exact) mass is 433 g/mol. The van der Waals surface area contributed by atoms with Crippen molar-refractivity contribution in [3.8, 4) is 11.5 Å². The van der Waals surface area contributed by atoms with Crippen LogP contribution < -0.4 is 14.4 Å². The molecule has 0 saturated carbocycles. The Balaban J connectivity index is 1.39. The van der Waals surface area contributed by atoms with Gasteiger partial charge in [0, 0.05) is 0 Å². The van der Waals surface area contributed by atoms with Gasteiger partial charge in [0.1, 0.15) is 24.7 Å². The molecule has 3 aromatic rings. The van der Waals surface area contributed by atoms with Gasteiger partial charge in [0.15, 0.2) is 4.32 Å². The number of hydrogen-bond acceptors (Lipinski definition) is 5. The van der Waals surface area contributed by atoms with E-state index in [2.05, 4.69) is 0 Å². The van der Waals surface area contributed by atoms with Crippen molar-refractivity contribution in [1.82, 2.24) is 0 Å². The minimum absolute atomic E-state index is 0.112. The first-order valence-electron chi connectivity index (χ1n) is 9.44. The summed E-state index contributed by atoms with van der Waals surface area (Å²) in [4.78, 5) is 15.0. The zero-order chi connectivity index (χ0) is 20.8. The molecule has 0 aliphatic carbocycles. The Bertz CT molecular complexity index is 1070. The van der Waals surface area contributed by atoms with E-state index in [9.17, 15) is 4.79 Å². The Morgan fingerprint density at radius 3 is 2.20 bits per heavy atom. The fraction of sp³-hybridized carbons (Fsp3) is 0.0833. The Morgan fingerprint density at radius 2 is 1.47 bits per heavy atom. The second-order valence-electron chi connectivity index (χ2n) is 6.44. The van der Waals surface area contributed by atoms with Gasteiger partial charge in [-0.05, 0) is 48.0 Å². The zero-order valence-corrected chi connectivity index (χ0v) is 17.7. The van der Waals surface area contributed by atoms with Crippen LogP contribution in [-0.2, 0) is 4.79 Å². The molecule has 6 heteroatoms. The van der Waals surface area contributed by atoms with E-state index in [0.717, 1.165) is 22.7 Å². The normalized spacial score (nSPS) is 14.9. The van der Waals surface area contributed by atoms with E-state index >= 15 is 0 Å². The molecule has 4 nitrogen and oxygen atoms in total. The van der Waals surface area contributed by atoms with Crippen LogP contribution in [0, 0.1) is 0 Å². The van der Waals surface area contributed by atoms with Crippen molar-refractivity contribution in [2.45, 2.75) is 0 Å². The Morgan fingerprint density at radius 1 is 0.833 bits per heavy atom. The number of nitrogens with zero attached hydrogens (tertiary/aromatic N) is 1. The minimum Gasteiger partial charge on any atom is -0.490 e. The van der Waals surface area contributed by atoms with Crippen molar-refractivity contribution < 1.29 is 14.3 Å². The lowest BCUT2D eigenvalue weighted by Gasteiger charge is -2.13. The van der Waals surface area contributed by atoms with Crippen molar-refractivity contribution in [2.75, 3.05) is 18.1 Å². The predicted molar refractivity (Wildman–Crippen MR) is 126 cm³/mol. The van der Waals surface area contributed by atoms with E-state index in [1.165, 1.54) is 11.8 Å². The topological polar surface area (TPSA) is 38.8 Å². The van der Waals surface area contributed by atoms with Crippen LogP contribution in [0.5, 0.6) is 11.5 Å². The first-order valence-corrected chi connectivity index (χ1v) is 10.7. The number of thioether (sulfide) groups is 1. The third kappa shape index (κ3) is 4.90. The summed E-state index contributed by atoms with van der Waals surface area (Å²) in [6.07, 6.45) is 1.84. The van der Waals surface area contributed by atoms with E-state index in [1.807, 2.05) is 91.0 Å². The molecule has 1 aliphatic heterocycles. The van der Waals surface area contributed by atoms with Crippen LogP contribution in [0.15, 0.2) is 89.8 Å². The van der Waals surface area contributed by atoms with Gasteiger partial charge in [0.05, 0.1) is 10.6 Å². The standard InChI is InChI=1S/C24H19NO3S2/c26-23-22(30-24(29)25(23)19-9-3-1-4-10-19)17-18-8-7-13-21(16-18)28-15-14-27-20-11-5-2-6-12-20/h1-13,16-17H,14-15H2/b22-17-. The first kappa shape index (κ1) is 20.2. The molecule has 0 spiro atoms. The molecule has 0 atom stereocenters. The SMILES string of the molecule is O=C1/C(=C/c2cccc(OCCOc3ccccc3)c2)SC(=S)N1c1ccccc1. The predicted octanol–water partition coefficient (Wildman–Crippen LogP) is 5.55. The molecule has 1 aliphatic rings. The van der Waals surface area contributed by atoms with Crippen molar-refractivity contribution in [3.05, 3.63) is 95.4 Å². The number of anilines is 1. The summed E-state index contributed by atoms with van der Waals surface area (Å²) in [6, 6.07) is 26.7. The molecular weight excluding hydrogens is 414 g/mol. The average molecular weight is 434 g/mol. The van der Waals surface area contributed by atoms with Crippen molar-refractivity contribution in [3.63, 3.8) is 0 Å². The summed E-state index contributed by atoms with van der Waals surface area (Å²) < 4.78 is 12.0. The maximum absolute atomic E-state index is 12.9. The van der Waals surface area contributed by atoms with Crippen LogP contribution in [0.2, 0.25) is 0 Å². The molecule has 4 rings (SSSR count). The van der Waals surface area contributed by atoms with Gasteiger partial charge in [-0.1, -0.05) is 72.5 Å². The maximum atomic E-state index is 12.9. The van der Waals surface area contributed by atoms with Gasteiger partial charge in [-0.3, -0.25) is 9.69 Å². The van der Waals surface area contributed by atoms with E-state index in [1.54, 1.807) is 4.90 Å². The van der Waals surface area contributed by atoms with Crippen LogP contribution in [0.1, 0.15) is 5.56 Å². The van der Waals surface area contributed by atoms with Gasteiger partial charge in [-0.25, -0.2) is 0 Å². The maximum Gasteiger partial charge on any atom is 0.270 e. The van der Waals surface area contributed by atoms with Crippen LogP contribution in [0.4, 0.5) is 5.69 Å². The first-order chi connectivity index (χ1) is 14.7. The molecule has 0 N–H and O–H groups in total. The van der Waals surface area contributed by atoms with Gasteiger partial charge in [-0.2, -0.15) is 0 Å². The Hall–Kier alpha value is -3.09. The van der Waals surface area contributed by atoms with Gasteiger partial charge in [0.2, 0.25) is 0 Å². The van der Waals surface area contributed by atoms with Crippen molar-refractivity contribution >= 4 is 46.0 Å². The second kappa shape index (κ2) is 9.61. The lowest BCUT2D eigenvalue weighted by molar-refractivity contribution is -0.113. The fourth-order valence-electron chi connectivity index (χ4n) is 2.95. The number of thiocarbonyl (C=S) groups is 1. The fourth-order valence-corrected chi connectivity index (χ4v) is 4.25. The van der Waals surface area contributed by atoms with Gasteiger partial charge >= 0.3 is 0 Å². The van der Waals surface area contributed by atoms with Gasteiger partial charge in [-0.15, -0.1) is 0 Å². The number of carbonyl (C=O) groups is 1. The van der Waals surface area contributed by atoms with E-state index < -0.39 is 0 Å². The molecule has 30 heavy (non-hydrogen) atoms. The molecule has 0 bridgehead atoms. The largest absolute Gasteiger partial charge is 0.490 e. The molecule has 0 unspecified atom stereocenters. The number of amides is 1. The molecule has 1 amide bonds. The molecule has 3 aromatic carbocycles. The minimum atomic E-state index is -0.112. The number of ether oxygens (including phenoxy) is 2. The lowest BCUT2D eigenvalue weighted by Crippen LogP contribution is -2.27. The summed E-state index contributed by atoms with van der Waals surface area (Å²) in [6.45, 7) is 0.873. The summed E-state index contributed by atoms with van der Waals surface area (Å²) in [5.74, 6) is 1.42. The summed E-state index contributed by atoms with van der Waals surface area (Å²) in [5, 5.41) is 0. The van der Waals surface area contributed by atoms with E-state index in [-0.39, 0.29) is 5.91 Å². The van der Waals surface area contributed by atoms with Crippen LogP contribution in [0.3, 0.4) is 0 Å².